The molecule has 1 N–H and O–H groups in total. The highest BCUT2D eigenvalue weighted by Gasteiger charge is 2.58. The monoisotopic (exact) mass is 239 g/mol. The summed E-state index contributed by atoms with van der Waals surface area (Å²) < 4.78 is 4.68. The van der Waals surface area contributed by atoms with Gasteiger partial charge in [0.15, 0.2) is 0 Å². The fourth-order valence-corrected chi connectivity index (χ4v) is 4.23. The van der Waals surface area contributed by atoms with E-state index in [1.165, 1.54) is 26.4 Å². The van der Waals surface area contributed by atoms with Gasteiger partial charge in [0.1, 0.15) is 0 Å². The minimum Gasteiger partial charge on any atom is -0.469 e. The quantitative estimate of drug-likeness (QED) is 0.765. The topological polar surface area (TPSA) is 38.3 Å². The van der Waals surface area contributed by atoms with E-state index in [1.807, 2.05) is 0 Å². The van der Waals surface area contributed by atoms with E-state index in [-0.39, 0.29) is 5.97 Å². The van der Waals surface area contributed by atoms with Crippen molar-refractivity contribution in [3.8, 4) is 0 Å². The lowest BCUT2D eigenvalue weighted by molar-refractivity contribution is -0.140. The van der Waals surface area contributed by atoms with Gasteiger partial charge in [-0.3, -0.25) is 4.79 Å². The van der Waals surface area contributed by atoms with E-state index in [4.69, 9.17) is 0 Å². The lowest BCUT2D eigenvalue weighted by Crippen LogP contribution is -2.50. The molecule has 0 saturated heterocycles. The number of ether oxygens (including phenoxy) is 1. The van der Waals surface area contributed by atoms with Crippen LogP contribution in [0.1, 0.15) is 46.5 Å². The molecule has 17 heavy (non-hydrogen) atoms. The highest BCUT2D eigenvalue weighted by molar-refractivity contribution is 5.69. The van der Waals surface area contributed by atoms with Gasteiger partial charge in [-0.2, -0.15) is 0 Å². The first-order chi connectivity index (χ1) is 7.90. The molecule has 2 bridgehead atoms. The Morgan fingerprint density at radius 2 is 2.12 bits per heavy atom. The van der Waals surface area contributed by atoms with Crippen molar-refractivity contribution >= 4 is 5.97 Å². The third kappa shape index (κ3) is 2.10. The molecular weight excluding hydrogens is 214 g/mol. The normalized spacial score (nSPS) is 38.4. The van der Waals surface area contributed by atoms with Crippen LogP contribution in [0.15, 0.2) is 0 Å². The summed E-state index contributed by atoms with van der Waals surface area (Å²) in [7, 11) is 1.45. The molecule has 0 radical (unpaired) electrons. The highest BCUT2D eigenvalue weighted by atomic mass is 16.5. The molecule has 0 heterocycles. The maximum atomic E-state index is 11.1. The van der Waals surface area contributed by atoms with E-state index in [0.29, 0.717) is 23.3 Å². The number of hydrogen-bond acceptors (Lipinski definition) is 3. The second-order valence-electron chi connectivity index (χ2n) is 6.63. The molecule has 0 aromatic heterocycles. The minimum absolute atomic E-state index is 0.122. The smallest absolute Gasteiger partial charge is 0.306 e. The minimum atomic E-state index is -0.122. The maximum absolute atomic E-state index is 11.1. The molecule has 3 atom stereocenters. The molecule has 2 fully saturated rings. The molecule has 2 rings (SSSR count). The zero-order valence-electron chi connectivity index (χ0n) is 11.5. The van der Waals surface area contributed by atoms with Gasteiger partial charge >= 0.3 is 5.97 Å². The first kappa shape index (κ1) is 12.9. The Bertz CT molecular complexity index is 309. The van der Waals surface area contributed by atoms with Crippen LogP contribution in [0.3, 0.4) is 0 Å². The number of hydrogen-bond donors (Lipinski definition) is 1. The first-order valence-corrected chi connectivity index (χ1v) is 6.70. The van der Waals surface area contributed by atoms with Crippen molar-refractivity contribution in [3.05, 3.63) is 0 Å². The molecule has 2 aliphatic rings. The van der Waals surface area contributed by atoms with Crippen LogP contribution < -0.4 is 5.32 Å². The van der Waals surface area contributed by atoms with Crippen LogP contribution in [-0.2, 0) is 9.53 Å². The van der Waals surface area contributed by atoms with Crippen molar-refractivity contribution in [2.24, 2.45) is 16.7 Å². The van der Waals surface area contributed by atoms with Crippen molar-refractivity contribution < 1.29 is 9.53 Å². The van der Waals surface area contributed by atoms with Crippen molar-refractivity contribution in [1.82, 2.24) is 5.32 Å². The Morgan fingerprint density at radius 3 is 2.65 bits per heavy atom. The van der Waals surface area contributed by atoms with E-state index in [0.717, 1.165) is 12.5 Å². The average Bonchev–Trinajstić information content (AvgIpc) is 2.73. The van der Waals surface area contributed by atoms with Crippen LogP contribution >= 0.6 is 0 Å². The summed E-state index contributed by atoms with van der Waals surface area (Å²) in [4.78, 5) is 11.1. The van der Waals surface area contributed by atoms with Gasteiger partial charge in [-0.1, -0.05) is 20.8 Å². The predicted molar refractivity (Wildman–Crippen MR) is 67.7 cm³/mol. The van der Waals surface area contributed by atoms with Crippen LogP contribution in [0.4, 0.5) is 0 Å². The van der Waals surface area contributed by atoms with Crippen LogP contribution in [0.2, 0.25) is 0 Å². The standard InChI is InChI=1S/C14H25NO2/c1-13(2)10-5-7-14(3,9-10)12(13)15-8-6-11(16)17-4/h10,12,15H,5-9H2,1-4H3/t10-,12?,14-/m0/s1. The Kier molecular flexibility index (Phi) is 3.23. The van der Waals surface area contributed by atoms with E-state index in [9.17, 15) is 4.79 Å². The number of carbonyl (C=O) groups is 1. The highest BCUT2D eigenvalue weighted by Crippen LogP contribution is 2.62. The fraction of sp³-hybridized carbons (Fsp3) is 0.929. The van der Waals surface area contributed by atoms with Crippen LogP contribution in [0.25, 0.3) is 0 Å². The molecule has 98 valence electrons. The number of rotatable bonds is 4. The van der Waals surface area contributed by atoms with Crippen LogP contribution in [0, 0.1) is 16.7 Å². The largest absolute Gasteiger partial charge is 0.469 e. The number of methoxy groups -OCH3 is 1. The zero-order valence-corrected chi connectivity index (χ0v) is 11.5. The molecule has 1 unspecified atom stereocenters. The summed E-state index contributed by atoms with van der Waals surface area (Å²) >= 11 is 0. The molecule has 2 aliphatic carbocycles. The predicted octanol–water partition coefficient (Wildman–Crippen LogP) is 2.35. The third-order valence-corrected chi connectivity index (χ3v) is 5.18. The molecule has 0 aromatic rings. The van der Waals surface area contributed by atoms with Crippen LogP contribution in [0.5, 0.6) is 0 Å². The number of carbonyl (C=O) groups excluding carboxylic acids is 1. The first-order valence-electron chi connectivity index (χ1n) is 6.70. The Balaban J connectivity index is 1.94. The summed E-state index contributed by atoms with van der Waals surface area (Å²) in [5, 5.41) is 3.61. The van der Waals surface area contributed by atoms with Crippen molar-refractivity contribution in [2.75, 3.05) is 13.7 Å². The second kappa shape index (κ2) is 4.27. The summed E-state index contributed by atoms with van der Waals surface area (Å²) in [5.41, 5.74) is 0.799. The SMILES string of the molecule is COC(=O)CCNC1C(C)(C)[C@H]2CC[C@@]1(C)C2. The van der Waals surface area contributed by atoms with E-state index in [1.54, 1.807) is 0 Å². The summed E-state index contributed by atoms with van der Waals surface area (Å²) in [5.74, 6) is 0.728. The molecular formula is C14H25NO2. The number of nitrogens with one attached hydrogen (secondary N) is 1. The van der Waals surface area contributed by atoms with Gasteiger partial charge in [-0.05, 0) is 36.0 Å². The van der Waals surface area contributed by atoms with Gasteiger partial charge in [0.05, 0.1) is 13.5 Å². The Hall–Kier alpha value is -0.570. The summed E-state index contributed by atoms with van der Waals surface area (Å²) in [6.45, 7) is 7.89. The molecule has 0 aliphatic heterocycles. The molecule has 2 saturated carbocycles. The number of esters is 1. The lowest BCUT2D eigenvalue weighted by Gasteiger charge is -2.43. The second-order valence-corrected chi connectivity index (χ2v) is 6.63. The maximum Gasteiger partial charge on any atom is 0.306 e. The van der Waals surface area contributed by atoms with Gasteiger partial charge in [-0.15, -0.1) is 0 Å². The molecule has 3 heteroatoms. The summed E-state index contributed by atoms with van der Waals surface area (Å²) in [6.07, 6.45) is 4.52. The van der Waals surface area contributed by atoms with Gasteiger partial charge < -0.3 is 10.1 Å². The molecule has 0 aromatic carbocycles. The van der Waals surface area contributed by atoms with Crippen molar-refractivity contribution in [1.29, 1.82) is 0 Å². The summed E-state index contributed by atoms with van der Waals surface area (Å²) in [6, 6.07) is 0.540. The van der Waals surface area contributed by atoms with E-state index >= 15 is 0 Å². The molecule has 3 nitrogen and oxygen atoms in total. The zero-order chi connectivity index (χ0) is 12.7. The number of fused-ring (bicyclic) bond motifs is 2. The van der Waals surface area contributed by atoms with Crippen LogP contribution in [-0.4, -0.2) is 25.7 Å². The average molecular weight is 239 g/mol. The molecule has 0 spiro atoms. The van der Waals surface area contributed by atoms with Gasteiger partial charge in [0.25, 0.3) is 0 Å². The fourth-order valence-electron chi connectivity index (χ4n) is 4.23. The Morgan fingerprint density at radius 1 is 1.41 bits per heavy atom. The van der Waals surface area contributed by atoms with E-state index < -0.39 is 0 Å². The van der Waals surface area contributed by atoms with Gasteiger partial charge in [0.2, 0.25) is 0 Å². The lowest BCUT2D eigenvalue weighted by atomic mass is 9.68. The van der Waals surface area contributed by atoms with E-state index in [2.05, 4.69) is 30.8 Å². The van der Waals surface area contributed by atoms with Crippen molar-refractivity contribution in [2.45, 2.75) is 52.5 Å². The van der Waals surface area contributed by atoms with Gasteiger partial charge in [0, 0.05) is 12.6 Å². The molecule has 0 amide bonds. The van der Waals surface area contributed by atoms with Crippen molar-refractivity contribution in [3.63, 3.8) is 0 Å². The van der Waals surface area contributed by atoms with Gasteiger partial charge in [-0.25, -0.2) is 0 Å². The third-order valence-electron chi connectivity index (χ3n) is 5.18. The Labute approximate surface area is 104 Å².